The molecule has 0 unspecified atom stereocenters. The van der Waals surface area contributed by atoms with Gasteiger partial charge in [0.1, 0.15) is 17.3 Å². The van der Waals surface area contributed by atoms with E-state index in [-0.39, 0.29) is 11.3 Å². The zero-order valence-electron chi connectivity index (χ0n) is 18.0. The van der Waals surface area contributed by atoms with Crippen molar-refractivity contribution >= 4 is 17.4 Å². The molecule has 0 aliphatic carbocycles. The molecule has 2 aromatic rings. The molecule has 7 heteroatoms. The highest BCUT2D eigenvalue weighted by molar-refractivity contribution is 6.46. The molecule has 1 N–H and O–H groups in total. The average Bonchev–Trinajstić information content (AvgIpc) is 3.01. The molecule has 31 heavy (non-hydrogen) atoms. The summed E-state index contributed by atoms with van der Waals surface area (Å²) in [6, 6.07) is 11.5. The van der Waals surface area contributed by atoms with E-state index in [4.69, 9.17) is 4.74 Å². The Kier molecular flexibility index (Phi) is 7.07. The summed E-state index contributed by atoms with van der Waals surface area (Å²) in [6.45, 7) is 3.41. The molecule has 2 aromatic carbocycles. The van der Waals surface area contributed by atoms with E-state index in [0.29, 0.717) is 36.6 Å². The third kappa shape index (κ3) is 4.94. The lowest BCUT2D eigenvalue weighted by Gasteiger charge is -2.26. The molecule has 0 spiro atoms. The predicted octanol–water partition coefficient (Wildman–Crippen LogP) is 3.60. The van der Waals surface area contributed by atoms with E-state index < -0.39 is 23.5 Å². The number of rotatable bonds is 8. The SMILES string of the molecule is CCCOc1ccc(/C(O)=C2\C(=O)C(=O)N(CCN(C)C)[C@@H]2c2ccc(F)cc2)cc1. The highest BCUT2D eigenvalue weighted by Gasteiger charge is 2.45. The number of halogens is 1. The summed E-state index contributed by atoms with van der Waals surface area (Å²) in [5, 5.41) is 11.0. The molecule has 1 atom stereocenters. The predicted molar refractivity (Wildman–Crippen MR) is 116 cm³/mol. The third-order valence-electron chi connectivity index (χ3n) is 5.11. The van der Waals surface area contributed by atoms with Gasteiger partial charge in [0, 0.05) is 18.7 Å². The normalized spacial score (nSPS) is 18.1. The van der Waals surface area contributed by atoms with Crippen molar-refractivity contribution in [2.45, 2.75) is 19.4 Å². The molecular formula is C24H27FN2O4. The Morgan fingerprint density at radius 3 is 2.32 bits per heavy atom. The number of ether oxygens (including phenoxy) is 1. The number of Topliss-reactive ketones (excluding diaryl/α,β-unsaturated/α-hetero) is 1. The lowest BCUT2D eigenvalue weighted by atomic mass is 9.95. The fraction of sp³-hybridized carbons (Fsp3) is 0.333. The number of ketones is 1. The van der Waals surface area contributed by atoms with Crippen LogP contribution >= 0.6 is 0 Å². The van der Waals surface area contributed by atoms with Crippen molar-refractivity contribution in [3.63, 3.8) is 0 Å². The van der Waals surface area contributed by atoms with Crippen LogP contribution in [0.25, 0.3) is 5.76 Å². The van der Waals surface area contributed by atoms with Crippen LogP contribution in [0, 0.1) is 5.82 Å². The maximum absolute atomic E-state index is 13.5. The molecule has 0 aromatic heterocycles. The van der Waals surface area contributed by atoms with Crippen LogP contribution in [0.1, 0.15) is 30.5 Å². The molecule has 1 fully saturated rings. The quantitative estimate of drug-likeness (QED) is 0.397. The van der Waals surface area contributed by atoms with Crippen LogP contribution in [0.3, 0.4) is 0 Å². The second-order valence-corrected chi connectivity index (χ2v) is 7.72. The highest BCUT2D eigenvalue weighted by Crippen LogP contribution is 2.39. The lowest BCUT2D eigenvalue weighted by molar-refractivity contribution is -0.140. The first kappa shape index (κ1) is 22.5. The Morgan fingerprint density at radius 2 is 1.74 bits per heavy atom. The summed E-state index contributed by atoms with van der Waals surface area (Å²) in [5.41, 5.74) is 0.961. The summed E-state index contributed by atoms with van der Waals surface area (Å²) in [6.07, 6.45) is 0.871. The maximum Gasteiger partial charge on any atom is 0.295 e. The molecule has 0 bridgehead atoms. The molecule has 1 amide bonds. The number of nitrogens with zero attached hydrogens (tertiary/aromatic N) is 2. The molecule has 1 aliphatic heterocycles. The van der Waals surface area contributed by atoms with Crippen LogP contribution in [-0.2, 0) is 9.59 Å². The van der Waals surface area contributed by atoms with Gasteiger partial charge in [0.25, 0.3) is 11.7 Å². The minimum atomic E-state index is -0.795. The Hall–Kier alpha value is -3.19. The van der Waals surface area contributed by atoms with Gasteiger partial charge < -0.3 is 19.6 Å². The van der Waals surface area contributed by atoms with Crippen molar-refractivity contribution in [2.75, 3.05) is 33.8 Å². The zero-order chi connectivity index (χ0) is 22.5. The van der Waals surface area contributed by atoms with Crippen LogP contribution in [-0.4, -0.2) is 60.4 Å². The first-order valence-electron chi connectivity index (χ1n) is 10.2. The number of hydrogen-bond acceptors (Lipinski definition) is 5. The van der Waals surface area contributed by atoms with Crippen molar-refractivity contribution in [1.29, 1.82) is 0 Å². The summed E-state index contributed by atoms with van der Waals surface area (Å²) in [7, 11) is 3.73. The molecule has 3 rings (SSSR count). The van der Waals surface area contributed by atoms with Gasteiger partial charge >= 0.3 is 0 Å². The summed E-state index contributed by atoms with van der Waals surface area (Å²) >= 11 is 0. The molecule has 0 radical (unpaired) electrons. The summed E-state index contributed by atoms with van der Waals surface area (Å²) in [4.78, 5) is 29.0. The molecule has 1 saturated heterocycles. The number of likely N-dealkylation sites (tertiary alicyclic amines) is 1. The van der Waals surface area contributed by atoms with Gasteiger partial charge in [-0.2, -0.15) is 0 Å². The molecule has 1 aliphatic rings. The first-order valence-corrected chi connectivity index (χ1v) is 10.2. The smallest absolute Gasteiger partial charge is 0.295 e. The van der Waals surface area contributed by atoms with Crippen LogP contribution in [0.15, 0.2) is 54.1 Å². The van der Waals surface area contributed by atoms with Crippen molar-refractivity contribution in [2.24, 2.45) is 0 Å². The number of hydrogen-bond donors (Lipinski definition) is 1. The second-order valence-electron chi connectivity index (χ2n) is 7.72. The van der Waals surface area contributed by atoms with E-state index in [9.17, 15) is 19.1 Å². The minimum absolute atomic E-state index is 0.00223. The van der Waals surface area contributed by atoms with Crippen molar-refractivity contribution in [3.05, 3.63) is 71.0 Å². The van der Waals surface area contributed by atoms with Gasteiger partial charge in [0.15, 0.2) is 0 Å². The summed E-state index contributed by atoms with van der Waals surface area (Å²) in [5.74, 6) is -1.46. The number of benzene rings is 2. The number of carbonyl (C=O) groups is 2. The van der Waals surface area contributed by atoms with Gasteiger partial charge in [-0.15, -0.1) is 0 Å². The van der Waals surface area contributed by atoms with Crippen molar-refractivity contribution in [1.82, 2.24) is 9.80 Å². The molecule has 0 saturated carbocycles. The van der Waals surface area contributed by atoms with E-state index in [2.05, 4.69) is 0 Å². The number of likely N-dealkylation sites (N-methyl/N-ethyl adjacent to an activating group) is 1. The van der Waals surface area contributed by atoms with Crippen LogP contribution in [0.2, 0.25) is 0 Å². The Bertz CT molecular complexity index is 968. The van der Waals surface area contributed by atoms with Crippen molar-refractivity contribution in [3.8, 4) is 5.75 Å². The van der Waals surface area contributed by atoms with Crippen LogP contribution < -0.4 is 4.74 Å². The standard InChI is InChI=1S/C24H27FN2O4/c1-4-15-31-19-11-7-17(8-12-19)22(28)20-21(16-5-9-18(25)10-6-16)27(14-13-26(2)3)24(30)23(20)29/h5-12,21,28H,4,13-15H2,1-3H3/b22-20+/t21-/m1/s1. The second kappa shape index (κ2) is 9.75. The first-order chi connectivity index (χ1) is 14.8. The van der Waals surface area contributed by atoms with E-state index in [1.807, 2.05) is 25.9 Å². The zero-order valence-corrected chi connectivity index (χ0v) is 18.0. The summed E-state index contributed by atoms with van der Waals surface area (Å²) < 4.78 is 19.1. The lowest BCUT2D eigenvalue weighted by Crippen LogP contribution is -2.35. The van der Waals surface area contributed by atoms with Gasteiger partial charge in [0.2, 0.25) is 0 Å². The molecule has 1 heterocycles. The van der Waals surface area contributed by atoms with Gasteiger partial charge in [-0.25, -0.2) is 4.39 Å². The van der Waals surface area contributed by atoms with Gasteiger partial charge in [0.05, 0.1) is 18.2 Å². The average molecular weight is 426 g/mol. The number of aliphatic hydroxyl groups excluding tert-OH is 1. The molecule has 164 valence electrons. The number of carbonyl (C=O) groups excluding carboxylic acids is 2. The van der Waals surface area contributed by atoms with E-state index in [1.165, 1.54) is 29.2 Å². The van der Waals surface area contributed by atoms with E-state index in [1.54, 1.807) is 24.3 Å². The number of aliphatic hydroxyl groups is 1. The van der Waals surface area contributed by atoms with Crippen molar-refractivity contribution < 1.29 is 23.8 Å². The Morgan fingerprint density at radius 1 is 1.10 bits per heavy atom. The topological polar surface area (TPSA) is 70.1 Å². The third-order valence-corrected chi connectivity index (χ3v) is 5.11. The monoisotopic (exact) mass is 426 g/mol. The molecular weight excluding hydrogens is 399 g/mol. The number of amides is 1. The fourth-order valence-electron chi connectivity index (χ4n) is 3.49. The Labute approximate surface area is 181 Å². The minimum Gasteiger partial charge on any atom is -0.507 e. The van der Waals surface area contributed by atoms with Crippen LogP contribution in [0.5, 0.6) is 5.75 Å². The van der Waals surface area contributed by atoms with Gasteiger partial charge in [-0.05, 0) is 62.5 Å². The van der Waals surface area contributed by atoms with Gasteiger partial charge in [-0.3, -0.25) is 9.59 Å². The van der Waals surface area contributed by atoms with Crippen LogP contribution in [0.4, 0.5) is 4.39 Å². The maximum atomic E-state index is 13.5. The Balaban J connectivity index is 2.04. The highest BCUT2D eigenvalue weighted by atomic mass is 19.1. The van der Waals surface area contributed by atoms with Gasteiger partial charge in [-0.1, -0.05) is 19.1 Å². The molecule has 6 nitrogen and oxygen atoms in total. The van der Waals surface area contributed by atoms with E-state index >= 15 is 0 Å². The largest absolute Gasteiger partial charge is 0.507 e. The van der Waals surface area contributed by atoms with E-state index in [0.717, 1.165) is 6.42 Å². The fourth-order valence-corrected chi connectivity index (χ4v) is 3.49.